The second kappa shape index (κ2) is 9.91. The molecule has 0 saturated heterocycles. The molecule has 0 radical (unpaired) electrons. The summed E-state index contributed by atoms with van der Waals surface area (Å²) in [5.74, 6) is 6.77. The molecule has 0 aromatic carbocycles. The number of nitrogens with zero attached hydrogens (tertiary/aromatic N) is 1. The predicted molar refractivity (Wildman–Crippen MR) is 133 cm³/mol. The van der Waals surface area contributed by atoms with E-state index in [0.29, 0.717) is 36.5 Å². The Morgan fingerprint density at radius 3 is 2.60 bits per heavy atom. The van der Waals surface area contributed by atoms with Crippen LogP contribution in [0.25, 0.3) is 0 Å². The summed E-state index contributed by atoms with van der Waals surface area (Å²) in [5, 5.41) is 28.7. The molecule has 4 aliphatic carbocycles. The number of rotatable bonds is 7. The predicted octanol–water partition coefficient (Wildman–Crippen LogP) is 2.08. The van der Waals surface area contributed by atoms with Crippen molar-refractivity contribution in [2.75, 3.05) is 12.3 Å². The Bertz CT molecular complexity index is 941. The Balaban J connectivity index is 1.43. The van der Waals surface area contributed by atoms with Crippen molar-refractivity contribution < 1.29 is 28.0 Å². The molecule has 9 nitrogen and oxygen atoms in total. The zero-order valence-electron chi connectivity index (χ0n) is 21.0. The van der Waals surface area contributed by atoms with Gasteiger partial charge in [0.05, 0.1) is 18.0 Å². The topological polar surface area (TPSA) is 162 Å². The molecule has 0 aromatic heterocycles. The minimum absolute atomic E-state index is 0.0820. The summed E-state index contributed by atoms with van der Waals surface area (Å²) < 4.78 is 30.4. The lowest BCUT2D eigenvalue weighted by Crippen LogP contribution is -2.61. The van der Waals surface area contributed by atoms with Crippen LogP contribution in [0.1, 0.15) is 78.1 Å². The number of amides is 1. The number of nitrogens with one attached hydrogen (secondary N) is 1. The highest BCUT2D eigenvalue weighted by molar-refractivity contribution is 7.85. The largest absolute Gasteiger partial charge is 0.393 e. The van der Waals surface area contributed by atoms with E-state index in [9.17, 15) is 23.4 Å². The molecular weight excluding hydrogens is 470 g/mol. The number of nitrogens with two attached hydrogens (primary N) is 1. The highest BCUT2D eigenvalue weighted by Crippen LogP contribution is 2.67. The maximum Gasteiger partial charge on any atom is 0.266 e. The van der Waals surface area contributed by atoms with Crippen molar-refractivity contribution >= 4 is 21.7 Å². The minimum Gasteiger partial charge on any atom is -0.393 e. The Hall–Kier alpha value is -1.23. The number of carbonyl (C=O) groups is 1. The number of aliphatic hydroxyl groups is 2. The number of fused-ring (bicyclic) bond motifs is 5. The van der Waals surface area contributed by atoms with Gasteiger partial charge in [-0.1, -0.05) is 13.8 Å². The van der Waals surface area contributed by atoms with Crippen molar-refractivity contribution in [2.24, 2.45) is 51.4 Å². The van der Waals surface area contributed by atoms with Crippen LogP contribution in [0.5, 0.6) is 0 Å². The maximum atomic E-state index is 12.1. The van der Waals surface area contributed by atoms with Gasteiger partial charge in [-0.15, -0.1) is 0 Å². The third-order valence-electron chi connectivity index (χ3n) is 10.6. The van der Waals surface area contributed by atoms with Crippen LogP contribution in [-0.4, -0.2) is 59.3 Å². The molecule has 4 fully saturated rings. The van der Waals surface area contributed by atoms with E-state index in [1.807, 2.05) is 0 Å². The third-order valence-corrected chi connectivity index (χ3v) is 11.3. The van der Waals surface area contributed by atoms with Gasteiger partial charge in [-0.3, -0.25) is 9.35 Å². The lowest BCUT2D eigenvalue weighted by Gasteiger charge is -2.62. The van der Waals surface area contributed by atoms with Crippen molar-refractivity contribution in [2.45, 2.75) is 90.3 Å². The summed E-state index contributed by atoms with van der Waals surface area (Å²) in [4.78, 5) is 12.1. The Morgan fingerprint density at radius 1 is 1.17 bits per heavy atom. The van der Waals surface area contributed by atoms with Gasteiger partial charge in [-0.05, 0) is 92.3 Å². The zero-order valence-corrected chi connectivity index (χ0v) is 21.8. The summed E-state index contributed by atoms with van der Waals surface area (Å²) >= 11 is 0. The van der Waals surface area contributed by atoms with Gasteiger partial charge in [0.1, 0.15) is 0 Å². The summed E-state index contributed by atoms with van der Waals surface area (Å²) in [6.07, 6.45) is 7.26. The number of hydrogen-bond acceptors (Lipinski definition) is 7. The molecule has 4 aliphatic rings. The molecule has 9 atom stereocenters. The average molecular weight is 514 g/mol. The Morgan fingerprint density at radius 2 is 1.91 bits per heavy atom. The fraction of sp³-hybridized carbons (Fsp3) is 0.920. The standard InChI is InChI=1S/C25H43N3O6S/c1-24-9-8-17(29)12-16(24)13-20(28-26)23-18-7-6-15(25(18,2)21(30)14-19(23)24)4-3-5-22(31)27-10-11-35(32,33)34/h15-19,21,23,29-30H,3-14,26H2,1-2H3,(H,27,31)(H,32,33,34)/b28-20+/t15-,16-,17+,18-,19-,21-,23-,24-,25+/m0/s1. The fourth-order valence-corrected chi connectivity index (χ4v) is 8.92. The van der Waals surface area contributed by atoms with Gasteiger partial charge in [0.2, 0.25) is 5.91 Å². The molecule has 0 unspecified atom stereocenters. The van der Waals surface area contributed by atoms with Crippen LogP contribution < -0.4 is 11.2 Å². The SMILES string of the molecule is C[C@]12CC[C@@H](O)C[C@H]1C/C(=N\N)[C@@H]1[C@@H]2C[C@H](O)[C@]2(C)[C@@H](CCCC(=O)NCCS(=O)(=O)O)CC[C@@H]12. The second-order valence-corrected chi connectivity index (χ2v) is 13.7. The van der Waals surface area contributed by atoms with E-state index in [0.717, 1.165) is 57.1 Å². The first-order chi connectivity index (χ1) is 16.4. The molecule has 0 heterocycles. The van der Waals surface area contributed by atoms with Gasteiger partial charge >= 0.3 is 0 Å². The van der Waals surface area contributed by atoms with Crippen LogP contribution in [0.15, 0.2) is 5.10 Å². The third kappa shape index (κ3) is 5.00. The zero-order chi connectivity index (χ0) is 25.6. The van der Waals surface area contributed by atoms with Crippen molar-refractivity contribution in [3.05, 3.63) is 0 Å². The molecule has 0 aromatic rings. The summed E-state index contributed by atoms with van der Waals surface area (Å²) in [5.41, 5.74) is 0.891. The van der Waals surface area contributed by atoms with Gasteiger partial charge in [0.15, 0.2) is 0 Å². The molecule has 200 valence electrons. The minimum atomic E-state index is -4.09. The molecule has 35 heavy (non-hydrogen) atoms. The lowest BCUT2D eigenvalue weighted by atomic mass is 9.43. The quantitative estimate of drug-likeness (QED) is 0.198. The first kappa shape index (κ1) is 26.8. The molecule has 6 N–H and O–H groups in total. The first-order valence-electron chi connectivity index (χ1n) is 13.2. The molecule has 4 rings (SSSR count). The van der Waals surface area contributed by atoms with E-state index in [-0.39, 0.29) is 35.3 Å². The van der Waals surface area contributed by atoms with E-state index in [4.69, 9.17) is 10.4 Å². The van der Waals surface area contributed by atoms with Crippen molar-refractivity contribution in [3.8, 4) is 0 Å². The summed E-state index contributed by atoms with van der Waals surface area (Å²) in [6, 6.07) is 0. The van der Waals surface area contributed by atoms with E-state index in [2.05, 4.69) is 24.3 Å². The van der Waals surface area contributed by atoms with Crippen LogP contribution in [0.2, 0.25) is 0 Å². The van der Waals surface area contributed by atoms with Crippen LogP contribution in [0.3, 0.4) is 0 Å². The van der Waals surface area contributed by atoms with Crippen molar-refractivity contribution in [3.63, 3.8) is 0 Å². The summed E-state index contributed by atoms with van der Waals surface area (Å²) in [7, 11) is -4.09. The van der Waals surface area contributed by atoms with Crippen LogP contribution >= 0.6 is 0 Å². The molecule has 10 heteroatoms. The van der Waals surface area contributed by atoms with Crippen LogP contribution in [0, 0.1) is 40.4 Å². The molecule has 0 aliphatic heterocycles. The number of hydrazone groups is 1. The number of hydrogen-bond donors (Lipinski definition) is 5. The molecule has 0 spiro atoms. The van der Waals surface area contributed by atoms with Crippen LogP contribution in [-0.2, 0) is 14.9 Å². The van der Waals surface area contributed by atoms with Crippen molar-refractivity contribution in [1.29, 1.82) is 0 Å². The van der Waals surface area contributed by atoms with E-state index in [1.54, 1.807) is 0 Å². The Kier molecular flexibility index (Phi) is 7.60. The second-order valence-electron chi connectivity index (χ2n) is 12.1. The number of aliphatic hydroxyl groups excluding tert-OH is 2. The molecule has 0 bridgehead atoms. The van der Waals surface area contributed by atoms with Gasteiger partial charge in [-0.25, -0.2) is 0 Å². The van der Waals surface area contributed by atoms with E-state index < -0.39 is 22.0 Å². The highest BCUT2D eigenvalue weighted by Gasteiger charge is 2.64. The normalized spacial score (nSPS) is 44.4. The molecule has 4 saturated carbocycles. The highest BCUT2D eigenvalue weighted by atomic mass is 32.2. The first-order valence-corrected chi connectivity index (χ1v) is 14.9. The summed E-state index contributed by atoms with van der Waals surface area (Å²) in [6.45, 7) is 4.48. The van der Waals surface area contributed by atoms with Crippen molar-refractivity contribution in [1.82, 2.24) is 5.32 Å². The van der Waals surface area contributed by atoms with E-state index in [1.165, 1.54) is 0 Å². The monoisotopic (exact) mass is 513 g/mol. The Labute approximate surface area is 209 Å². The maximum absolute atomic E-state index is 12.1. The lowest BCUT2D eigenvalue weighted by molar-refractivity contribution is -0.142. The molecular formula is C25H43N3O6S. The van der Waals surface area contributed by atoms with E-state index >= 15 is 0 Å². The molecule has 1 amide bonds. The van der Waals surface area contributed by atoms with Gasteiger partial charge in [0.25, 0.3) is 10.1 Å². The van der Waals surface area contributed by atoms with Gasteiger partial charge in [-0.2, -0.15) is 13.5 Å². The fourth-order valence-electron chi connectivity index (χ4n) is 8.56. The van der Waals surface area contributed by atoms with Crippen LogP contribution in [0.4, 0.5) is 0 Å². The average Bonchev–Trinajstić information content (AvgIpc) is 3.11. The number of carbonyl (C=O) groups excluding carboxylic acids is 1. The van der Waals surface area contributed by atoms with Gasteiger partial charge < -0.3 is 21.4 Å². The van der Waals surface area contributed by atoms with Gasteiger partial charge in [0, 0.05) is 24.6 Å². The smallest absolute Gasteiger partial charge is 0.266 e.